The first-order chi connectivity index (χ1) is 8.99. The van der Waals surface area contributed by atoms with Crippen molar-refractivity contribution in [2.45, 2.75) is 6.92 Å². The fraction of sp³-hybridized carbons (Fsp3) is 0.417. The van der Waals surface area contributed by atoms with Crippen LogP contribution in [0.4, 0.5) is 11.4 Å². The molecule has 1 amide bonds. The summed E-state index contributed by atoms with van der Waals surface area (Å²) in [6.45, 7) is 3.47. The Bertz CT molecular complexity index is 521. The van der Waals surface area contributed by atoms with Gasteiger partial charge in [0.1, 0.15) is 0 Å². The van der Waals surface area contributed by atoms with Crippen LogP contribution in [-0.2, 0) is 4.79 Å². The molecule has 1 heterocycles. The molecule has 1 aliphatic rings. The van der Waals surface area contributed by atoms with E-state index in [4.69, 9.17) is 0 Å². The maximum absolute atomic E-state index is 12.1. The molecule has 1 fully saturated rings. The van der Waals surface area contributed by atoms with Crippen LogP contribution < -0.4 is 10.6 Å². The van der Waals surface area contributed by atoms with Gasteiger partial charge in [-0.1, -0.05) is 6.92 Å². The van der Waals surface area contributed by atoms with Gasteiger partial charge < -0.3 is 10.6 Å². The Morgan fingerprint density at radius 3 is 2.84 bits per heavy atom. The second-order valence-corrected chi connectivity index (χ2v) is 5.51. The minimum atomic E-state index is -0.487. The number of halogens is 1. The molecule has 102 valence electrons. The lowest BCUT2D eigenvalue weighted by molar-refractivity contribution is -0.385. The zero-order valence-corrected chi connectivity index (χ0v) is 11.9. The van der Waals surface area contributed by atoms with Crippen LogP contribution in [0.25, 0.3) is 0 Å². The van der Waals surface area contributed by atoms with Crippen LogP contribution in [0.1, 0.15) is 6.92 Å². The first-order valence-corrected chi connectivity index (χ1v) is 6.74. The summed E-state index contributed by atoms with van der Waals surface area (Å²) in [6.07, 6.45) is 0. The van der Waals surface area contributed by atoms with Crippen LogP contribution in [0.2, 0.25) is 0 Å². The van der Waals surface area contributed by atoms with Gasteiger partial charge in [0.25, 0.3) is 5.69 Å². The molecule has 0 saturated carbocycles. The minimum Gasteiger partial charge on any atom is -0.326 e. The highest BCUT2D eigenvalue weighted by Gasteiger charge is 2.29. The largest absolute Gasteiger partial charge is 0.326 e. The van der Waals surface area contributed by atoms with E-state index in [1.54, 1.807) is 12.1 Å². The van der Waals surface area contributed by atoms with Crippen LogP contribution in [0, 0.1) is 22.0 Å². The summed E-state index contributed by atoms with van der Waals surface area (Å²) in [7, 11) is 0. The Labute approximate surface area is 118 Å². The van der Waals surface area contributed by atoms with Crippen LogP contribution in [0.3, 0.4) is 0 Å². The van der Waals surface area contributed by atoms with Gasteiger partial charge in [-0.15, -0.1) is 0 Å². The number of hydrogen-bond donors (Lipinski definition) is 2. The molecular weight excluding hydrogens is 314 g/mol. The minimum absolute atomic E-state index is 0.0598. The topological polar surface area (TPSA) is 84.3 Å². The predicted octanol–water partition coefficient (Wildman–Crippen LogP) is 2.15. The number of anilines is 1. The molecule has 0 bridgehead atoms. The van der Waals surface area contributed by atoms with E-state index in [0.717, 1.165) is 6.54 Å². The molecule has 0 aliphatic carbocycles. The van der Waals surface area contributed by atoms with E-state index in [2.05, 4.69) is 26.6 Å². The molecule has 2 unspecified atom stereocenters. The van der Waals surface area contributed by atoms with E-state index in [9.17, 15) is 14.9 Å². The van der Waals surface area contributed by atoms with E-state index >= 15 is 0 Å². The maximum Gasteiger partial charge on any atom is 0.285 e. The molecule has 1 saturated heterocycles. The molecule has 19 heavy (non-hydrogen) atoms. The molecule has 0 aromatic heterocycles. The Morgan fingerprint density at radius 1 is 1.53 bits per heavy atom. The third-order valence-electron chi connectivity index (χ3n) is 3.26. The fourth-order valence-electron chi connectivity index (χ4n) is 2.13. The quantitative estimate of drug-likeness (QED) is 0.658. The zero-order chi connectivity index (χ0) is 14.0. The molecule has 2 rings (SSSR count). The number of carbonyl (C=O) groups is 1. The molecule has 1 aromatic rings. The highest BCUT2D eigenvalue weighted by atomic mass is 79.9. The van der Waals surface area contributed by atoms with Gasteiger partial charge in [0.05, 0.1) is 15.3 Å². The summed E-state index contributed by atoms with van der Waals surface area (Å²) in [5.74, 6) is 0.0715. The van der Waals surface area contributed by atoms with Crippen molar-refractivity contribution in [2.24, 2.45) is 11.8 Å². The van der Waals surface area contributed by atoms with Crippen molar-refractivity contribution in [1.29, 1.82) is 0 Å². The van der Waals surface area contributed by atoms with Crippen molar-refractivity contribution in [2.75, 3.05) is 18.4 Å². The van der Waals surface area contributed by atoms with Crippen LogP contribution in [-0.4, -0.2) is 23.9 Å². The fourth-order valence-corrected chi connectivity index (χ4v) is 2.52. The van der Waals surface area contributed by atoms with Gasteiger partial charge in [-0.25, -0.2) is 0 Å². The SMILES string of the molecule is CC1CNCC1C(=O)Nc1ccc(Br)c([N+](=O)[O-])c1. The summed E-state index contributed by atoms with van der Waals surface area (Å²) in [4.78, 5) is 22.4. The highest BCUT2D eigenvalue weighted by molar-refractivity contribution is 9.10. The van der Waals surface area contributed by atoms with E-state index in [1.807, 2.05) is 6.92 Å². The smallest absolute Gasteiger partial charge is 0.285 e. The number of benzene rings is 1. The number of amides is 1. The maximum atomic E-state index is 12.1. The standard InChI is InChI=1S/C12H14BrN3O3/c1-7-5-14-6-9(7)12(17)15-8-2-3-10(13)11(4-8)16(18)19/h2-4,7,9,14H,5-6H2,1H3,(H,15,17). The van der Waals surface area contributed by atoms with E-state index in [1.165, 1.54) is 6.07 Å². The summed E-state index contributed by atoms with van der Waals surface area (Å²) in [6, 6.07) is 4.56. The number of carbonyl (C=O) groups excluding carboxylic acids is 1. The summed E-state index contributed by atoms with van der Waals surface area (Å²) < 4.78 is 0.395. The molecular formula is C12H14BrN3O3. The first kappa shape index (κ1) is 14.0. The second-order valence-electron chi connectivity index (χ2n) is 4.65. The lowest BCUT2D eigenvalue weighted by Crippen LogP contribution is -2.27. The van der Waals surface area contributed by atoms with Gasteiger partial charge >= 0.3 is 0 Å². The molecule has 6 nitrogen and oxygen atoms in total. The Morgan fingerprint density at radius 2 is 2.26 bits per heavy atom. The summed E-state index contributed by atoms with van der Waals surface area (Å²) in [5.41, 5.74) is 0.384. The van der Waals surface area contributed by atoms with Crippen molar-refractivity contribution < 1.29 is 9.72 Å². The number of rotatable bonds is 3. The Balaban J connectivity index is 2.13. The third-order valence-corrected chi connectivity index (χ3v) is 3.94. The highest BCUT2D eigenvalue weighted by Crippen LogP contribution is 2.28. The normalized spacial score (nSPS) is 22.2. The molecule has 0 radical (unpaired) electrons. The monoisotopic (exact) mass is 327 g/mol. The van der Waals surface area contributed by atoms with Crippen molar-refractivity contribution >= 4 is 33.2 Å². The van der Waals surface area contributed by atoms with E-state index in [-0.39, 0.29) is 23.4 Å². The number of nitro benzene ring substituents is 1. The van der Waals surface area contributed by atoms with Gasteiger partial charge in [-0.3, -0.25) is 14.9 Å². The number of nitro groups is 1. The van der Waals surface area contributed by atoms with Gasteiger partial charge in [-0.05, 0) is 40.5 Å². The summed E-state index contributed by atoms with van der Waals surface area (Å²) in [5, 5.41) is 16.7. The van der Waals surface area contributed by atoms with Crippen molar-refractivity contribution in [3.63, 3.8) is 0 Å². The van der Waals surface area contributed by atoms with E-state index in [0.29, 0.717) is 16.7 Å². The molecule has 1 aliphatic heterocycles. The summed E-state index contributed by atoms with van der Waals surface area (Å²) >= 11 is 3.11. The van der Waals surface area contributed by atoms with Gasteiger partial charge in [-0.2, -0.15) is 0 Å². The average molecular weight is 328 g/mol. The van der Waals surface area contributed by atoms with Gasteiger partial charge in [0, 0.05) is 18.3 Å². The van der Waals surface area contributed by atoms with Crippen molar-refractivity contribution in [3.05, 3.63) is 32.8 Å². The number of nitrogens with zero attached hydrogens (tertiary/aromatic N) is 1. The molecule has 2 atom stereocenters. The van der Waals surface area contributed by atoms with Crippen molar-refractivity contribution in [3.8, 4) is 0 Å². The molecule has 7 heteroatoms. The van der Waals surface area contributed by atoms with Crippen molar-refractivity contribution in [1.82, 2.24) is 5.32 Å². The third kappa shape index (κ3) is 3.10. The zero-order valence-electron chi connectivity index (χ0n) is 10.4. The lowest BCUT2D eigenvalue weighted by atomic mass is 9.97. The van der Waals surface area contributed by atoms with E-state index < -0.39 is 4.92 Å². The van der Waals surface area contributed by atoms with Crippen LogP contribution in [0.5, 0.6) is 0 Å². The number of nitrogens with one attached hydrogen (secondary N) is 2. The number of hydrogen-bond acceptors (Lipinski definition) is 4. The molecule has 1 aromatic carbocycles. The molecule has 0 spiro atoms. The predicted molar refractivity (Wildman–Crippen MR) is 74.9 cm³/mol. The molecule has 2 N–H and O–H groups in total. The van der Waals surface area contributed by atoms with Crippen LogP contribution >= 0.6 is 15.9 Å². The van der Waals surface area contributed by atoms with Gasteiger partial charge in [0.15, 0.2) is 0 Å². The second kappa shape index (κ2) is 5.66. The average Bonchev–Trinajstić information content (AvgIpc) is 2.77. The Kier molecular flexibility index (Phi) is 4.16. The van der Waals surface area contributed by atoms with Gasteiger partial charge in [0.2, 0.25) is 5.91 Å². The van der Waals surface area contributed by atoms with Crippen LogP contribution in [0.15, 0.2) is 22.7 Å². The first-order valence-electron chi connectivity index (χ1n) is 5.94. The Hall–Kier alpha value is -1.47. The lowest BCUT2D eigenvalue weighted by Gasteiger charge is -2.14.